The molecule has 2 amide bonds. The zero-order chi connectivity index (χ0) is 17.2. The minimum atomic E-state index is -0.516. The molecule has 0 saturated carbocycles. The van der Waals surface area contributed by atoms with Crippen molar-refractivity contribution in [2.75, 3.05) is 0 Å². The number of nitrogens with zero attached hydrogens (tertiary/aromatic N) is 1. The Balaban J connectivity index is 1.61. The maximum absolute atomic E-state index is 11.7. The van der Waals surface area contributed by atoms with Crippen LogP contribution in [0.4, 0.5) is 0 Å². The normalized spacial score (nSPS) is 23.7. The van der Waals surface area contributed by atoms with E-state index < -0.39 is 17.8 Å². The van der Waals surface area contributed by atoms with Crippen LogP contribution >= 0.6 is 0 Å². The molecule has 24 heavy (non-hydrogen) atoms. The first kappa shape index (κ1) is 17.9. The second kappa shape index (κ2) is 9.65. The highest BCUT2D eigenvalue weighted by molar-refractivity contribution is 6.01. The molecule has 0 N–H and O–H groups in total. The van der Waals surface area contributed by atoms with Crippen molar-refractivity contribution in [3.8, 4) is 0 Å². The molecular formula is C19H23NO4. The Bertz CT molecular complexity index is 582. The second-order valence-corrected chi connectivity index (χ2v) is 5.83. The number of allylic oxidation sites excluding steroid dienone is 8. The number of hydrogen-bond donors (Lipinski definition) is 0. The molecule has 0 radical (unpaired) electrons. The van der Waals surface area contributed by atoms with Crippen molar-refractivity contribution < 1.29 is 19.2 Å². The number of amides is 2. The third-order valence-corrected chi connectivity index (χ3v) is 3.87. The average molecular weight is 329 g/mol. The van der Waals surface area contributed by atoms with Crippen LogP contribution in [0.5, 0.6) is 0 Å². The Kier molecular flexibility index (Phi) is 7.21. The fraction of sp³-hybridized carbons (Fsp3) is 0.421. The topological polar surface area (TPSA) is 63.7 Å². The van der Waals surface area contributed by atoms with E-state index in [1.807, 2.05) is 30.4 Å². The summed E-state index contributed by atoms with van der Waals surface area (Å²) in [6.45, 7) is 0. The molecule has 0 aromatic rings. The van der Waals surface area contributed by atoms with Crippen LogP contribution in [0.15, 0.2) is 48.1 Å². The van der Waals surface area contributed by atoms with Gasteiger partial charge in [-0.2, -0.15) is 0 Å². The molecule has 1 aliphatic carbocycles. The number of hydroxylamine groups is 2. The summed E-state index contributed by atoms with van der Waals surface area (Å²) < 4.78 is 0. The van der Waals surface area contributed by atoms with E-state index in [0.717, 1.165) is 25.7 Å². The third-order valence-electron chi connectivity index (χ3n) is 3.87. The molecule has 0 unspecified atom stereocenters. The highest BCUT2D eigenvalue weighted by Crippen LogP contribution is 2.16. The molecule has 0 aromatic heterocycles. The summed E-state index contributed by atoms with van der Waals surface area (Å²) >= 11 is 0. The number of carbonyl (C=O) groups excluding carboxylic acids is 3. The lowest BCUT2D eigenvalue weighted by Gasteiger charge is -2.12. The summed E-state index contributed by atoms with van der Waals surface area (Å²) in [6, 6.07) is 0. The van der Waals surface area contributed by atoms with Gasteiger partial charge in [-0.05, 0) is 25.7 Å². The van der Waals surface area contributed by atoms with Gasteiger partial charge in [-0.3, -0.25) is 9.59 Å². The first-order valence-electron chi connectivity index (χ1n) is 8.41. The molecule has 0 spiro atoms. The molecular weight excluding hydrogens is 306 g/mol. The Hall–Kier alpha value is -2.43. The summed E-state index contributed by atoms with van der Waals surface area (Å²) in [5, 5.41) is 0.608. The van der Waals surface area contributed by atoms with Crippen LogP contribution < -0.4 is 0 Å². The summed E-state index contributed by atoms with van der Waals surface area (Å²) in [7, 11) is 0. The lowest BCUT2D eigenvalue weighted by Crippen LogP contribution is -2.31. The first-order chi connectivity index (χ1) is 11.7. The van der Waals surface area contributed by atoms with E-state index in [1.165, 1.54) is 5.57 Å². The van der Waals surface area contributed by atoms with E-state index >= 15 is 0 Å². The lowest BCUT2D eigenvalue weighted by molar-refractivity contribution is -0.197. The average Bonchev–Trinajstić information content (AvgIpc) is 2.94. The molecule has 5 heteroatoms. The summed E-state index contributed by atoms with van der Waals surface area (Å²) in [6.07, 6.45) is 19.4. The minimum absolute atomic E-state index is 0.125. The van der Waals surface area contributed by atoms with Gasteiger partial charge in [-0.25, -0.2) is 4.79 Å². The second-order valence-electron chi connectivity index (χ2n) is 5.83. The molecule has 1 saturated heterocycles. The number of hydrogen-bond acceptors (Lipinski definition) is 4. The zero-order valence-corrected chi connectivity index (χ0v) is 13.8. The third kappa shape index (κ3) is 5.99. The van der Waals surface area contributed by atoms with Gasteiger partial charge in [0, 0.05) is 19.3 Å². The van der Waals surface area contributed by atoms with Crippen LogP contribution in [-0.4, -0.2) is 22.8 Å². The van der Waals surface area contributed by atoms with E-state index in [1.54, 1.807) is 0 Å². The number of unbranched alkanes of at least 4 members (excludes halogenated alkanes) is 2. The maximum atomic E-state index is 11.7. The van der Waals surface area contributed by atoms with Crippen LogP contribution in [0.1, 0.15) is 51.4 Å². The smallest absolute Gasteiger partial charge is 0.330 e. The molecule has 128 valence electrons. The maximum Gasteiger partial charge on any atom is 0.333 e. The Morgan fingerprint density at radius 2 is 1.67 bits per heavy atom. The van der Waals surface area contributed by atoms with Crippen molar-refractivity contribution in [1.29, 1.82) is 0 Å². The molecule has 1 heterocycles. The number of rotatable bonds is 7. The SMILES string of the molecule is O=C(CCCCC/C1=C/C=C\C=C/C=C\C1)ON1C(=O)CCC1=O. The fourth-order valence-corrected chi connectivity index (χ4v) is 2.54. The predicted octanol–water partition coefficient (Wildman–Crippen LogP) is 3.54. The van der Waals surface area contributed by atoms with Gasteiger partial charge in [0.1, 0.15) is 0 Å². The number of imide groups is 1. The summed E-state index contributed by atoms with van der Waals surface area (Å²) in [4.78, 5) is 39.2. The van der Waals surface area contributed by atoms with Crippen LogP contribution in [0.2, 0.25) is 0 Å². The van der Waals surface area contributed by atoms with Crippen molar-refractivity contribution in [3.05, 3.63) is 48.1 Å². The summed E-state index contributed by atoms with van der Waals surface area (Å²) in [5.41, 5.74) is 1.36. The highest BCUT2D eigenvalue weighted by atomic mass is 16.7. The number of carbonyl (C=O) groups is 3. The quantitative estimate of drug-likeness (QED) is 0.529. The monoisotopic (exact) mass is 329 g/mol. The van der Waals surface area contributed by atoms with Crippen LogP contribution in [0.25, 0.3) is 0 Å². The largest absolute Gasteiger partial charge is 0.333 e. The van der Waals surface area contributed by atoms with Crippen molar-refractivity contribution in [3.63, 3.8) is 0 Å². The van der Waals surface area contributed by atoms with Gasteiger partial charge in [0.2, 0.25) is 0 Å². The van der Waals surface area contributed by atoms with Crippen molar-refractivity contribution in [2.45, 2.75) is 51.4 Å². The Labute approximate surface area is 142 Å². The molecule has 0 bridgehead atoms. The van der Waals surface area contributed by atoms with Gasteiger partial charge in [-0.15, -0.1) is 5.06 Å². The van der Waals surface area contributed by atoms with Gasteiger partial charge in [-0.1, -0.05) is 54.5 Å². The van der Waals surface area contributed by atoms with Crippen molar-refractivity contribution >= 4 is 17.8 Å². The van der Waals surface area contributed by atoms with E-state index in [0.29, 0.717) is 11.5 Å². The molecule has 1 aliphatic heterocycles. The summed E-state index contributed by atoms with van der Waals surface area (Å²) in [5.74, 6) is -1.38. The standard InChI is InChI=1S/C19H23NO4/c21-17-14-15-18(22)20(17)24-19(23)13-9-5-8-12-16-10-6-3-1-2-4-7-11-16/h1-4,6-7,10H,5,8-9,11-15H2/b2-1-,6-3-,7-4-,16-10+. The molecule has 5 nitrogen and oxygen atoms in total. The van der Waals surface area contributed by atoms with Gasteiger partial charge in [0.05, 0.1) is 0 Å². The Morgan fingerprint density at radius 3 is 2.46 bits per heavy atom. The Morgan fingerprint density at radius 1 is 0.958 bits per heavy atom. The predicted molar refractivity (Wildman–Crippen MR) is 90.4 cm³/mol. The van der Waals surface area contributed by atoms with E-state index in [2.05, 4.69) is 12.2 Å². The molecule has 2 rings (SSSR count). The highest BCUT2D eigenvalue weighted by Gasteiger charge is 2.32. The van der Waals surface area contributed by atoms with Crippen molar-refractivity contribution in [2.24, 2.45) is 0 Å². The minimum Gasteiger partial charge on any atom is -0.330 e. The van der Waals surface area contributed by atoms with Crippen LogP contribution in [0, 0.1) is 0 Å². The molecule has 0 aromatic carbocycles. The molecule has 2 aliphatic rings. The lowest BCUT2D eigenvalue weighted by atomic mass is 10.0. The van der Waals surface area contributed by atoms with E-state index in [9.17, 15) is 14.4 Å². The zero-order valence-electron chi connectivity index (χ0n) is 13.8. The molecule has 1 fully saturated rings. The van der Waals surface area contributed by atoms with Gasteiger partial charge in [0.25, 0.3) is 11.8 Å². The molecule has 0 atom stereocenters. The fourth-order valence-electron chi connectivity index (χ4n) is 2.54. The first-order valence-corrected chi connectivity index (χ1v) is 8.41. The van der Waals surface area contributed by atoms with Gasteiger partial charge in [0.15, 0.2) is 0 Å². The van der Waals surface area contributed by atoms with E-state index in [-0.39, 0.29) is 19.3 Å². The van der Waals surface area contributed by atoms with Crippen LogP contribution in [-0.2, 0) is 19.2 Å². The van der Waals surface area contributed by atoms with Crippen molar-refractivity contribution in [1.82, 2.24) is 5.06 Å². The van der Waals surface area contributed by atoms with Gasteiger partial charge >= 0.3 is 5.97 Å². The van der Waals surface area contributed by atoms with E-state index in [4.69, 9.17) is 4.84 Å². The van der Waals surface area contributed by atoms with Crippen LogP contribution in [0.3, 0.4) is 0 Å². The van der Waals surface area contributed by atoms with Gasteiger partial charge < -0.3 is 4.84 Å².